The van der Waals surface area contributed by atoms with Crippen LogP contribution in [-0.4, -0.2) is 19.6 Å². The van der Waals surface area contributed by atoms with Crippen LogP contribution in [0.1, 0.15) is 17.3 Å². The highest BCUT2D eigenvalue weighted by atomic mass is 32.1. The van der Waals surface area contributed by atoms with E-state index in [0.29, 0.717) is 6.42 Å². The van der Waals surface area contributed by atoms with E-state index in [9.17, 15) is 8.78 Å². The van der Waals surface area contributed by atoms with Crippen LogP contribution in [0.4, 0.5) is 8.78 Å². The summed E-state index contributed by atoms with van der Waals surface area (Å²) < 4.78 is 28.1. The third-order valence-electron chi connectivity index (χ3n) is 1.73. The predicted octanol–water partition coefficient (Wildman–Crippen LogP) is 2.42. The molecule has 5 heteroatoms. The van der Waals surface area contributed by atoms with Gasteiger partial charge in [0.05, 0.1) is 0 Å². The number of hydrogen-bond donors (Lipinski definition) is 1. The predicted molar refractivity (Wildman–Crippen MR) is 52.7 cm³/mol. The van der Waals surface area contributed by atoms with Crippen LogP contribution in [0.3, 0.4) is 0 Å². The molecule has 1 aromatic heterocycles. The molecule has 0 aromatic carbocycles. The molecule has 14 heavy (non-hydrogen) atoms. The maximum atomic E-state index is 11.7. The Morgan fingerprint density at radius 3 is 2.86 bits per heavy atom. The summed E-state index contributed by atoms with van der Waals surface area (Å²) in [5.41, 5.74) is 5.80. The van der Waals surface area contributed by atoms with Crippen molar-refractivity contribution in [2.45, 2.75) is 18.9 Å². The summed E-state index contributed by atoms with van der Waals surface area (Å²) in [6.07, 6.45) is -1.82. The van der Waals surface area contributed by atoms with Crippen LogP contribution in [-0.2, 0) is 4.74 Å². The van der Waals surface area contributed by atoms with Crippen molar-refractivity contribution >= 4 is 11.3 Å². The normalized spacial score (nSPS) is 13.4. The average Bonchev–Trinajstić information content (AvgIpc) is 2.64. The highest BCUT2D eigenvalue weighted by Gasteiger charge is 2.07. The maximum absolute atomic E-state index is 11.7. The first-order chi connectivity index (χ1) is 6.70. The molecule has 0 saturated heterocycles. The van der Waals surface area contributed by atoms with Crippen molar-refractivity contribution in [3.63, 3.8) is 0 Å². The van der Waals surface area contributed by atoms with Gasteiger partial charge in [0.1, 0.15) is 6.61 Å². The summed E-state index contributed by atoms with van der Waals surface area (Å²) in [6, 6.07) is 3.75. The van der Waals surface area contributed by atoms with Gasteiger partial charge in [-0.1, -0.05) is 6.07 Å². The van der Waals surface area contributed by atoms with Crippen LogP contribution in [0.15, 0.2) is 17.5 Å². The number of ether oxygens (including phenoxy) is 1. The molecular weight excluding hydrogens is 208 g/mol. The first kappa shape index (κ1) is 11.6. The zero-order valence-corrected chi connectivity index (χ0v) is 8.47. The van der Waals surface area contributed by atoms with Gasteiger partial charge in [0.25, 0.3) is 6.43 Å². The molecule has 0 aliphatic carbocycles. The zero-order chi connectivity index (χ0) is 10.4. The Labute approximate surface area is 85.7 Å². The number of hydrogen-bond acceptors (Lipinski definition) is 3. The highest BCUT2D eigenvalue weighted by molar-refractivity contribution is 7.10. The Balaban J connectivity index is 2.13. The van der Waals surface area contributed by atoms with Crippen molar-refractivity contribution in [1.82, 2.24) is 0 Å². The fourth-order valence-electron chi connectivity index (χ4n) is 1.03. The minimum atomic E-state index is -2.40. The maximum Gasteiger partial charge on any atom is 0.261 e. The minimum absolute atomic E-state index is 0.104. The molecule has 1 atom stereocenters. The fraction of sp³-hybridized carbons (Fsp3) is 0.556. The summed E-state index contributed by atoms with van der Waals surface area (Å²) >= 11 is 1.57. The van der Waals surface area contributed by atoms with Gasteiger partial charge in [-0.15, -0.1) is 11.3 Å². The van der Waals surface area contributed by atoms with E-state index in [1.54, 1.807) is 11.3 Å². The summed E-state index contributed by atoms with van der Waals surface area (Å²) in [5, 5.41) is 1.94. The van der Waals surface area contributed by atoms with E-state index in [1.807, 2.05) is 17.5 Å². The van der Waals surface area contributed by atoms with Gasteiger partial charge in [0.2, 0.25) is 0 Å². The van der Waals surface area contributed by atoms with E-state index in [0.717, 1.165) is 4.88 Å². The minimum Gasteiger partial charge on any atom is -0.375 e. The molecule has 2 N–H and O–H groups in total. The summed E-state index contributed by atoms with van der Waals surface area (Å²) in [7, 11) is 0. The van der Waals surface area contributed by atoms with Crippen LogP contribution in [0.5, 0.6) is 0 Å². The topological polar surface area (TPSA) is 35.2 Å². The van der Waals surface area contributed by atoms with Crippen molar-refractivity contribution in [2.75, 3.05) is 13.2 Å². The van der Waals surface area contributed by atoms with Gasteiger partial charge >= 0.3 is 0 Å². The lowest BCUT2D eigenvalue weighted by Crippen LogP contribution is -2.13. The number of rotatable bonds is 6. The van der Waals surface area contributed by atoms with Gasteiger partial charge in [0, 0.05) is 17.5 Å². The summed E-state index contributed by atoms with van der Waals surface area (Å²) in [4.78, 5) is 1.06. The standard InChI is InChI=1S/C9H13F2NOS/c10-9(11)6-13-4-3-7(12)8-2-1-5-14-8/h1-2,5,7,9H,3-4,6,12H2. The number of nitrogens with two attached hydrogens (primary N) is 1. The van der Waals surface area contributed by atoms with Crippen molar-refractivity contribution in [1.29, 1.82) is 0 Å². The molecule has 0 bridgehead atoms. The van der Waals surface area contributed by atoms with Gasteiger partial charge in [0.15, 0.2) is 0 Å². The monoisotopic (exact) mass is 221 g/mol. The molecular formula is C9H13F2NOS. The van der Waals surface area contributed by atoms with E-state index < -0.39 is 13.0 Å². The van der Waals surface area contributed by atoms with E-state index in [4.69, 9.17) is 10.5 Å². The molecule has 2 nitrogen and oxygen atoms in total. The molecule has 0 aliphatic rings. The molecule has 0 amide bonds. The quantitative estimate of drug-likeness (QED) is 0.749. The Morgan fingerprint density at radius 1 is 1.50 bits per heavy atom. The van der Waals surface area contributed by atoms with Gasteiger partial charge in [-0.05, 0) is 17.9 Å². The molecule has 0 spiro atoms. The second-order valence-corrected chi connectivity index (χ2v) is 3.86. The lowest BCUT2D eigenvalue weighted by Gasteiger charge is -2.09. The van der Waals surface area contributed by atoms with Crippen molar-refractivity contribution in [3.05, 3.63) is 22.4 Å². The van der Waals surface area contributed by atoms with Gasteiger partial charge in [-0.2, -0.15) is 0 Å². The Bertz CT molecular complexity index is 241. The van der Waals surface area contributed by atoms with Crippen LogP contribution < -0.4 is 5.73 Å². The van der Waals surface area contributed by atoms with Crippen LogP contribution in [0.2, 0.25) is 0 Å². The molecule has 0 radical (unpaired) electrons. The fourth-order valence-corrected chi connectivity index (χ4v) is 1.79. The SMILES string of the molecule is NC(CCOCC(F)F)c1cccs1. The Morgan fingerprint density at radius 2 is 2.29 bits per heavy atom. The molecule has 1 unspecified atom stereocenters. The largest absolute Gasteiger partial charge is 0.375 e. The highest BCUT2D eigenvalue weighted by Crippen LogP contribution is 2.19. The lowest BCUT2D eigenvalue weighted by molar-refractivity contribution is 0.0153. The zero-order valence-electron chi connectivity index (χ0n) is 7.66. The van der Waals surface area contributed by atoms with Crippen molar-refractivity contribution in [2.24, 2.45) is 5.73 Å². The molecule has 0 fully saturated rings. The molecule has 1 aromatic rings. The average molecular weight is 221 g/mol. The van der Waals surface area contributed by atoms with Gasteiger partial charge in [-0.25, -0.2) is 8.78 Å². The van der Waals surface area contributed by atoms with Gasteiger partial charge < -0.3 is 10.5 Å². The van der Waals surface area contributed by atoms with Crippen molar-refractivity contribution in [3.8, 4) is 0 Å². The van der Waals surface area contributed by atoms with E-state index in [1.165, 1.54) is 0 Å². The molecule has 80 valence electrons. The van der Waals surface area contributed by atoms with E-state index in [2.05, 4.69) is 0 Å². The third-order valence-corrected chi connectivity index (χ3v) is 2.73. The van der Waals surface area contributed by atoms with E-state index in [-0.39, 0.29) is 12.6 Å². The second-order valence-electron chi connectivity index (χ2n) is 2.88. The van der Waals surface area contributed by atoms with Crippen molar-refractivity contribution < 1.29 is 13.5 Å². The summed E-state index contributed by atoms with van der Waals surface area (Å²) in [5.74, 6) is 0. The molecule has 0 aliphatic heterocycles. The van der Waals surface area contributed by atoms with E-state index >= 15 is 0 Å². The lowest BCUT2D eigenvalue weighted by atomic mass is 10.2. The molecule has 1 rings (SSSR count). The molecule has 0 saturated carbocycles. The summed E-state index contributed by atoms with van der Waals surface area (Å²) in [6.45, 7) is -0.222. The van der Waals surface area contributed by atoms with Gasteiger partial charge in [-0.3, -0.25) is 0 Å². The molecule has 1 heterocycles. The first-order valence-electron chi connectivity index (χ1n) is 4.35. The number of thiophene rings is 1. The third kappa shape index (κ3) is 4.13. The van der Waals surface area contributed by atoms with Crippen LogP contribution in [0, 0.1) is 0 Å². The van der Waals surface area contributed by atoms with Crippen LogP contribution >= 0.6 is 11.3 Å². The van der Waals surface area contributed by atoms with Crippen LogP contribution in [0.25, 0.3) is 0 Å². The smallest absolute Gasteiger partial charge is 0.261 e. The number of alkyl halides is 2. The Kier molecular flexibility index (Phi) is 5.00. The second kappa shape index (κ2) is 6.06. The Hall–Kier alpha value is -0.520. The first-order valence-corrected chi connectivity index (χ1v) is 5.23. The number of halogens is 2.